The van der Waals surface area contributed by atoms with E-state index in [1.165, 1.54) is 19.3 Å². The summed E-state index contributed by atoms with van der Waals surface area (Å²) in [5, 5.41) is 0. The smallest absolute Gasteiger partial charge is 0.0803 e. The Morgan fingerprint density at radius 3 is 2.31 bits per heavy atom. The fourth-order valence-corrected chi connectivity index (χ4v) is 2.87. The molecular weight excluding hydrogens is 160 g/mol. The highest BCUT2D eigenvalue weighted by Gasteiger charge is 2.43. The van der Waals surface area contributed by atoms with Gasteiger partial charge in [0.25, 0.3) is 0 Å². The monoisotopic (exact) mass is 180 g/mol. The second kappa shape index (κ2) is 2.84. The van der Waals surface area contributed by atoms with Crippen LogP contribution in [-0.2, 0) is 4.74 Å². The maximum Gasteiger partial charge on any atom is 0.0803 e. The van der Waals surface area contributed by atoms with Crippen molar-refractivity contribution >= 4 is 0 Å². The summed E-state index contributed by atoms with van der Waals surface area (Å²) in [5.74, 6) is 0. The first-order chi connectivity index (χ1) is 6.04. The summed E-state index contributed by atoms with van der Waals surface area (Å²) < 4.78 is 5.94. The van der Waals surface area contributed by atoms with Crippen molar-refractivity contribution in [2.24, 2.45) is 5.41 Å². The van der Waals surface area contributed by atoms with E-state index in [0.717, 1.165) is 0 Å². The van der Waals surface area contributed by atoms with Crippen LogP contribution in [0.1, 0.15) is 47.0 Å². The van der Waals surface area contributed by atoms with E-state index in [9.17, 15) is 0 Å². The molecule has 1 saturated heterocycles. The number of ether oxygens (including phenoxy) is 1. The van der Waals surface area contributed by atoms with Crippen molar-refractivity contribution < 1.29 is 4.74 Å². The van der Waals surface area contributed by atoms with E-state index in [1.54, 1.807) is 11.1 Å². The fraction of sp³-hybridized carbons (Fsp3) is 0.833. The Hall–Kier alpha value is -0.300. The lowest BCUT2D eigenvalue weighted by Crippen LogP contribution is -2.21. The standard InChI is InChI=1S/C12H20O/c1-5-8-9-6-7-10(13-9)11(8)12(2,3)4/h9-10H,5-7H2,1-4H3/t9-,10+/m0/s1. The lowest BCUT2D eigenvalue weighted by Gasteiger charge is -2.27. The number of hydrogen-bond donors (Lipinski definition) is 0. The maximum atomic E-state index is 5.94. The highest BCUT2D eigenvalue weighted by Crippen LogP contribution is 2.47. The molecule has 0 radical (unpaired) electrons. The number of fused-ring (bicyclic) bond motifs is 2. The van der Waals surface area contributed by atoms with Gasteiger partial charge in [0.05, 0.1) is 12.2 Å². The van der Waals surface area contributed by atoms with Gasteiger partial charge >= 0.3 is 0 Å². The molecule has 0 aliphatic carbocycles. The van der Waals surface area contributed by atoms with Crippen LogP contribution in [0.2, 0.25) is 0 Å². The molecule has 2 rings (SSSR count). The van der Waals surface area contributed by atoms with E-state index in [1.807, 2.05) is 0 Å². The highest BCUT2D eigenvalue weighted by atomic mass is 16.5. The van der Waals surface area contributed by atoms with Crippen LogP contribution >= 0.6 is 0 Å². The molecule has 0 amide bonds. The molecule has 2 heterocycles. The Bertz CT molecular complexity index is 244. The zero-order valence-corrected chi connectivity index (χ0v) is 9.18. The molecular formula is C12H20O. The molecule has 0 spiro atoms. The Morgan fingerprint density at radius 2 is 1.85 bits per heavy atom. The summed E-state index contributed by atoms with van der Waals surface area (Å²) >= 11 is 0. The molecule has 1 nitrogen and oxygen atoms in total. The average molecular weight is 180 g/mol. The third kappa shape index (κ3) is 1.34. The van der Waals surface area contributed by atoms with Gasteiger partial charge in [-0.3, -0.25) is 0 Å². The topological polar surface area (TPSA) is 9.23 Å². The minimum Gasteiger partial charge on any atom is -0.366 e. The predicted octanol–water partition coefficient (Wildman–Crippen LogP) is 3.30. The van der Waals surface area contributed by atoms with Gasteiger partial charge in [-0.1, -0.05) is 27.7 Å². The molecule has 74 valence electrons. The van der Waals surface area contributed by atoms with Crippen LogP contribution in [0.3, 0.4) is 0 Å². The number of hydrogen-bond acceptors (Lipinski definition) is 1. The van der Waals surface area contributed by atoms with Gasteiger partial charge in [0.2, 0.25) is 0 Å². The second-order valence-corrected chi connectivity index (χ2v) is 5.23. The Labute approximate surface area is 81.2 Å². The molecule has 2 bridgehead atoms. The summed E-state index contributed by atoms with van der Waals surface area (Å²) in [6.07, 6.45) is 4.62. The van der Waals surface area contributed by atoms with Gasteiger partial charge in [-0.25, -0.2) is 0 Å². The molecule has 0 saturated carbocycles. The van der Waals surface area contributed by atoms with E-state index in [4.69, 9.17) is 4.74 Å². The molecule has 0 aromatic carbocycles. The molecule has 1 fully saturated rings. The van der Waals surface area contributed by atoms with Crippen molar-refractivity contribution in [1.82, 2.24) is 0 Å². The predicted molar refractivity (Wildman–Crippen MR) is 54.7 cm³/mol. The van der Waals surface area contributed by atoms with E-state index in [0.29, 0.717) is 17.6 Å². The van der Waals surface area contributed by atoms with Crippen molar-refractivity contribution in [3.05, 3.63) is 11.1 Å². The van der Waals surface area contributed by atoms with Crippen LogP contribution in [0.25, 0.3) is 0 Å². The summed E-state index contributed by atoms with van der Waals surface area (Å²) in [4.78, 5) is 0. The van der Waals surface area contributed by atoms with Gasteiger partial charge in [0.1, 0.15) is 0 Å². The Balaban J connectivity index is 2.37. The first-order valence-electron chi connectivity index (χ1n) is 5.43. The van der Waals surface area contributed by atoms with Crippen LogP contribution in [0, 0.1) is 5.41 Å². The minimum atomic E-state index is 0.311. The zero-order valence-electron chi connectivity index (χ0n) is 9.18. The van der Waals surface area contributed by atoms with Gasteiger partial charge < -0.3 is 4.74 Å². The van der Waals surface area contributed by atoms with Crippen LogP contribution in [0.15, 0.2) is 11.1 Å². The molecule has 0 aromatic rings. The van der Waals surface area contributed by atoms with Crippen LogP contribution in [0.4, 0.5) is 0 Å². The third-order valence-electron chi connectivity index (χ3n) is 3.27. The summed E-state index contributed by atoms with van der Waals surface area (Å²) in [5.41, 5.74) is 3.51. The molecule has 0 aromatic heterocycles. The Morgan fingerprint density at radius 1 is 1.23 bits per heavy atom. The molecule has 2 aliphatic heterocycles. The molecule has 0 N–H and O–H groups in total. The van der Waals surface area contributed by atoms with Crippen LogP contribution in [0.5, 0.6) is 0 Å². The van der Waals surface area contributed by atoms with Crippen molar-refractivity contribution in [3.8, 4) is 0 Å². The van der Waals surface area contributed by atoms with Gasteiger partial charge in [-0.2, -0.15) is 0 Å². The van der Waals surface area contributed by atoms with Crippen molar-refractivity contribution in [2.45, 2.75) is 59.2 Å². The van der Waals surface area contributed by atoms with Gasteiger partial charge in [0, 0.05) is 0 Å². The molecule has 2 aliphatic rings. The van der Waals surface area contributed by atoms with E-state index in [-0.39, 0.29) is 0 Å². The van der Waals surface area contributed by atoms with Crippen LogP contribution in [-0.4, -0.2) is 12.2 Å². The molecule has 1 heteroatoms. The summed E-state index contributed by atoms with van der Waals surface area (Å²) in [6, 6.07) is 0. The quantitative estimate of drug-likeness (QED) is 0.563. The van der Waals surface area contributed by atoms with Crippen LogP contribution < -0.4 is 0 Å². The fourth-order valence-electron chi connectivity index (χ4n) is 2.87. The molecule has 2 atom stereocenters. The van der Waals surface area contributed by atoms with E-state index >= 15 is 0 Å². The van der Waals surface area contributed by atoms with Gasteiger partial charge in [0.15, 0.2) is 0 Å². The normalized spacial score (nSPS) is 33.2. The lowest BCUT2D eigenvalue weighted by atomic mass is 9.76. The maximum absolute atomic E-state index is 5.94. The summed E-state index contributed by atoms with van der Waals surface area (Å²) in [6.45, 7) is 9.18. The van der Waals surface area contributed by atoms with Crippen molar-refractivity contribution in [3.63, 3.8) is 0 Å². The molecule has 13 heavy (non-hydrogen) atoms. The first-order valence-corrected chi connectivity index (χ1v) is 5.43. The van der Waals surface area contributed by atoms with Gasteiger partial charge in [-0.15, -0.1) is 0 Å². The van der Waals surface area contributed by atoms with E-state index in [2.05, 4.69) is 27.7 Å². The largest absolute Gasteiger partial charge is 0.366 e. The zero-order chi connectivity index (χ0) is 9.64. The van der Waals surface area contributed by atoms with Gasteiger partial charge in [-0.05, 0) is 35.8 Å². The lowest BCUT2D eigenvalue weighted by molar-refractivity contribution is 0.104. The Kier molecular flexibility index (Phi) is 2.03. The first kappa shape index (κ1) is 9.26. The third-order valence-corrected chi connectivity index (χ3v) is 3.27. The SMILES string of the molecule is CCC1=C(C(C)(C)C)[C@H]2CC[C@@H]1O2. The number of rotatable bonds is 1. The molecule has 0 unspecified atom stereocenters. The average Bonchev–Trinajstić information content (AvgIpc) is 2.59. The summed E-state index contributed by atoms with van der Waals surface area (Å²) in [7, 11) is 0. The second-order valence-electron chi connectivity index (χ2n) is 5.23. The van der Waals surface area contributed by atoms with Crippen molar-refractivity contribution in [1.29, 1.82) is 0 Å². The van der Waals surface area contributed by atoms with E-state index < -0.39 is 0 Å². The minimum absolute atomic E-state index is 0.311. The highest BCUT2D eigenvalue weighted by molar-refractivity contribution is 5.34. The van der Waals surface area contributed by atoms with Crippen molar-refractivity contribution in [2.75, 3.05) is 0 Å².